The van der Waals surface area contributed by atoms with E-state index in [-0.39, 0.29) is 17.4 Å². The van der Waals surface area contributed by atoms with Gasteiger partial charge in [0, 0.05) is 11.6 Å². The van der Waals surface area contributed by atoms with E-state index in [1.54, 1.807) is 11.7 Å². The topological polar surface area (TPSA) is 131 Å². The zero-order valence-corrected chi connectivity index (χ0v) is 14.5. The van der Waals surface area contributed by atoms with E-state index in [9.17, 15) is 5.26 Å². The van der Waals surface area contributed by atoms with E-state index in [1.807, 2.05) is 35.1 Å². The van der Waals surface area contributed by atoms with Gasteiger partial charge in [0.25, 0.3) is 0 Å². The molecule has 3 N–H and O–H groups in total. The molecule has 1 atom stereocenters. The van der Waals surface area contributed by atoms with Crippen molar-refractivity contribution in [1.82, 2.24) is 29.5 Å². The fourth-order valence-electron chi connectivity index (χ4n) is 2.65. The summed E-state index contributed by atoms with van der Waals surface area (Å²) in [5.41, 5.74) is 9.19. The number of imidazole rings is 1. The molecule has 4 aromatic heterocycles. The number of hydrogen-bond donors (Lipinski definition) is 2. The zero-order valence-electron chi connectivity index (χ0n) is 13.7. The summed E-state index contributed by atoms with van der Waals surface area (Å²) < 4.78 is 1.89. The van der Waals surface area contributed by atoms with Crippen LogP contribution < -0.4 is 11.1 Å². The van der Waals surface area contributed by atoms with E-state index >= 15 is 0 Å². The van der Waals surface area contributed by atoms with Gasteiger partial charge in [0.2, 0.25) is 0 Å². The van der Waals surface area contributed by atoms with Crippen molar-refractivity contribution in [2.75, 3.05) is 11.1 Å². The monoisotopic (exact) mass is 363 g/mol. The number of rotatable bonds is 4. The third-order valence-electron chi connectivity index (χ3n) is 3.82. The van der Waals surface area contributed by atoms with Crippen molar-refractivity contribution in [3.63, 3.8) is 0 Å². The number of aromatic nitrogens is 6. The van der Waals surface area contributed by atoms with E-state index in [0.29, 0.717) is 17.3 Å². The predicted molar refractivity (Wildman–Crippen MR) is 97.7 cm³/mol. The quantitative estimate of drug-likeness (QED) is 0.564. The van der Waals surface area contributed by atoms with Crippen LogP contribution in [0.3, 0.4) is 0 Å². The Bertz CT molecular complexity index is 1110. The summed E-state index contributed by atoms with van der Waals surface area (Å²) in [5.74, 6) is 1.93. The third-order valence-corrected chi connectivity index (χ3v) is 4.39. The van der Waals surface area contributed by atoms with E-state index < -0.39 is 0 Å². The Morgan fingerprint density at radius 3 is 2.96 bits per heavy atom. The SMILES string of the molecule is C[C@H](Nc1ncnc(N)c1C#N)c1nc2cccnc2n1-c1cscn1. The van der Waals surface area contributed by atoms with E-state index in [1.165, 1.54) is 17.7 Å². The second kappa shape index (κ2) is 6.38. The van der Waals surface area contributed by atoms with E-state index in [2.05, 4.69) is 30.2 Å². The van der Waals surface area contributed by atoms with Gasteiger partial charge in [-0.15, -0.1) is 11.3 Å². The summed E-state index contributed by atoms with van der Waals surface area (Å²) in [6.45, 7) is 1.92. The number of nitrogens with zero attached hydrogens (tertiary/aromatic N) is 7. The van der Waals surface area contributed by atoms with Crippen LogP contribution in [0.2, 0.25) is 0 Å². The van der Waals surface area contributed by atoms with Crippen LogP contribution in [-0.2, 0) is 0 Å². The van der Waals surface area contributed by atoms with E-state index in [4.69, 9.17) is 5.73 Å². The molecule has 0 spiro atoms. The van der Waals surface area contributed by atoms with Crippen molar-refractivity contribution in [3.05, 3.63) is 46.9 Å². The molecular formula is C16H13N9S. The fraction of sp³-hybridized carbons (Fsp3) is 0.125. The molecule has 0 aliphatic rings. The van der Waals surface area contributed by atoms with Gasteiger partial charge in [-0.3, -0.25) is 4.57 Å². The standard InChI is InChI=1S/C16H13N9S/c1-9(23-14-10(5-17)13(18)20-7-21-14)15-24-11-3-2-4-19-16(11)25(15)12-6-26-8-22-12/h2-4,6-9H,1H3,(H3,18,20,21,23)/t9-/m0/s1. The van der Waals surface area contributed by atoms with Gasteiger partial charge in [0.05, 0.1) is 11.6 Å². The van der Waals surface area contributed by atoms with Gasteiger partial charge in [-0.2, -0.15) is 5.26 Å². The molecule has 0 bridgehead atoms. The number of nitriles is 1. The number of pyridine rings is 1. The second-order valence-electron chi connectivity index (χ2n) is 5.46. The van der Waals surface area contributed by atoms with Crippen LogP contribution in [-0.4, -0.2) is 29.5 Å². The van der Waals surface area contributed by atoms with Gasteiger partial charge in [0.1, 0.15) is 40.9 Å². The number of hydrogen-bond acceptors (Lipinski definition) is 9. The summed E-state index contributed by atoms with van der Waals surface area (Å²) in [5, 5.41) is 14.4. The second-order valence-corrected chi connectivity index (χ2v) is 6.18. The van der Waals surface area contributed by atoms with Crippen LogP contribution in [0.4, 0.5) is 11.6 Å². The van der Waals surface area contributed by atoms with E-state index in [0.717, 1.165) is 11.3 Å². The van der Waals surface area contributed by atoms with Crippen LogP contribution >= 0.6 is 11.3 Å². The predicted octanol–water partition coefficient (Wildman–Crippen LogP) is 2.29. The van der Waals surface area contributed by atoms with Gasteiger partial charge in [-0.05, 0) is 19.1 Å². The number of nitrogens with two attached hydrogens (primary N) is 1. The molecule has 0 saturated carbocycles. The van der Waals surface area contributed by atoms with Crippen LogP contribution in [0.1, 0.15) is 24.4 Å². The molecule has 128 valence electrons. The van der Waals surface area contributed by atoms with Crippen molar-refractivity contribution >= 4 is 34.1 Å². The summed E-state index contributed by atoms with van der Waals surface area (Å²) >= 11 is 1.49. The lowest BCUT2D eigenvalue weighted by atomic mass is 10.2. The average molecular weight is 363 g/mol. The highest BCUT2D eigenvalue weighted by Crippen LogP contribution is 2.27. The largest absolute Gasteiger partial charge is 0.382 e. The first-order valence-electron chi connectivity index (χ1n) is 7.68. The Labute approximate surface area is 152 Å². The van der Waals surface area contributed by atoms with Crippen molar-refractivity contribution in [2.24, 2.45) is 0 Å². The molecule has 0 aromatic carbocycles. The Balaban J connectivity index is 1.81. The molecule has 0 fully saturated rings. The van der Waals surface area contributed by atoms with Gasteiger partial charge < -0.3 is 11.1 Å². The minimum absolute atomic E-state index is 0.131. The first kappa shape index (κ1) is 15.9. The number of fused-ring (bicyclic) bond motifs is 1. The Hall–Kier alpha value is -3.58. The molecule has 0 amide bonds. The van der Waals surface area contributed by atoms with Gasteiger partial charge >= 0.3 is 0 Å². The zero-order chi connectivity index (χ0) is 18.1. The van der Waals surface area contributed by atoms with Gasteiger partial charge in [-0.1, -0.05) is 0 Å². The minimum Gasteiger partial charge on any atom is -0.382 e. The van der Waals surface area contributed by atoms with Gasteiger partial charge in [-0.25, -0.2) is 24.9 Å². The molecular weight excluding hydrogens is 350 g/mol. The van der Waals surface area contributed by atoms with Crippen LogP contribution in [0.15, 0.2) is 35.5 Å². The molecule has 10 heteroatoms. The van der Waals surface area contributed by atoms with Crippen LogP contribution in [0, 0.1) is 11.3 Å². The summed E-state index contributed by atoms with van der Waals surface area (Å²) in [7, 11) is 0. The minimum atomic E-state index is -0.285. The molecule has 0 unspecified atom stereocenters. The Kier molecular flexibility index (Phi) is 3.91. The molecule has 0 saturated heterocycles. The number of nitrogen functional groups attached to an aromatic ring is 1. The molecule has 26 heavy (non-hydrogen) atoms. The Morgan fingerprint density at radius 2 is 2.19 bits per heavy atom. The molecule has 4 aromatic rings. The highest BCUT2D eigenvalue weighted by molar-refractivity contribution is 7.07. The molecule has 0 aliphatic heterocycles. The molecule has 4 heterocycles. The molecule has 0 radical (unpaired) electrons. The summed E-state index contributed by atoms with van der Waals surface area (Å²) in [6, 6.07) is 5.47. The first-order chi connectivity index (χ1) is 12.7. The van der Waals surface area contributed by atoms with Crippen LogP contribution in [0.5, 0.6) is 0 Å². The lowest BCUT2D eigenvalue weighted by Crippen LogP contribution is -2.15. The fourth-order valence-corrected chi connectivity index (χ4v) is 3.17. The third kappa shape index (κ3) is 2.60. The highest BCUT2D eigenvalue weighted by Gasteiger charge is 2.21. The normalized spacial score (nSPS) is 12.0. The van der Waals surface area contributed by atoms with Crippen molar-refractivity contribution in [2.45, 2.75) is 13.0 Å². The first-order valence-corrected chi connectivity index (χ1v) is 8.62. The number of anilines is 2. The highest BCUT2D eigenvalue weighted by atomic mass is 32.1. The van der Waals surface area contributed by atoms with Gasteiger partial charge in [0.15, 0.2) is 11.5 Å². The number of nitrogens with one attached hydrogen (secondary N) is 1. The molecule has 9 nitrogen and oxygen atoms in total. The van der Waals surface area contributed by atoms with Crippen molar-refractivity contribution in [3.8, 4) is 11.9 Å². The number of thiazole rings is 1. The Morgan fingerprint density at radius 1 is 1.31 bits per heavy atom. The average Bonchev–Trinajstić information content (AvgIpc) is 3.29. The van der Waals surface area contributed by atoms with Crippen LogP contribution in [0.25, 0.3) is 17.0 Å². The summed E-state index contributed by atoms with van der Waals surface area (Å²) in [4.78, 5) is 21.5. The maximum absolute atomic E-state index is 9.31. The lowest BCUT2D eigenvalue weighted by Gasteiger charge is -2.16. The van der Waals surface area contributed by atoms with Crippen molar-refractivity contribution in [1.29, 1.82) is 5.26 Å². The lowest BCUT2D eigenvalue weighted by molar-refractivity contribution is 0.759. The van der Waals surface area contributed by atoms with Crippen molar-refractivity contribution < 1.29 is 0 Å². The molecule has 0 aliphatic carbocycles. The smallest absolute Gasteiger partial charge is 0.165 e. The molecule has 4 rings (SSSR count). The maximum atomic E-state index is 9.31. The summed E-state index contributed by atoms with van der Waals surface area (Å²) in [6.07, 6.45) is 3.03. The maximum Gasteiger partial charge on any atom is 0.165 e.